The van der Waals surface area contributed by atoms with E-state index >= 15 is 0 Å². The van der Waals surface area contributed by atoms with Gasteiger partial charge in [-0.25, -0.2) is 0 Å². The van der Waals surface area contributed by atoms with Crippen molar-refractivity contribution in [2.24, 2.45) is 0 Å². The fraction of sp³-hybridized carbons (Fsp3) is 0.153. The first-order valence-corrected chi connectivity index (χ1v) is 24.7. The number of benzene rings is 7. The van der Waals surface area contributed by atoms with Crippen LogP contribution < -0.4 is 26.2 Å². The van der Waals surface area contributed by atoms with Gasteiger partial charge in [-0.15, -0.1) is 22.7 Å². The van der Waals surface area contributed by atoms with Crippen LogP contribution in [0, 0.1) is 6.92 Å². The minimum atomic E-state index is -0.172. The van der Waals surface area contributed by atoms with E-state index in [2.05, 4.69) is 215 Å². The van der Waals surface area contributed by atoms with Gasteiger partial charge in [0.2, 0.25) is 11.8 Å². The first kappa shape index (κ1) is 39.6. The normalized spacial score (nSPS) is 13.6. The lowest BCUT2D eigenvalue weighted by Gasteiger charge is -2.40. The summed E-state index contributed by atoms with van der Waals surface area (Å²) < 4.78 is 17.1. The molecule has 0 unspecified atom stereocenters. The van der Waals surface area contributed by atoms with Crippen LogP contribution in [-0.2, 0) is 10.8 Å². The molecule has 11 aromatic rings. The number of nitrogens with zero attached hydrogens (tertiary/aromatic N) is 2. The van der Waals surface area contributed by atoms with E-state index in [1.54, 1.807) is 22.7 Å². The zero-order chi connectivity index (χ0) is 44.8. The van der Waals surface area contributed by atoms with Gasteiger partial charge < -0.3 is 8.83 Å². The third-order valence-corrected chi connectivity index (χ3v) is 15.9. The molecule has 320 valence electrons. The van der Waals surface area contributed by atoms with Gasteiger partial charge in [-0.3, -0.25) is 9.80 Å². The van der Waals surface area contributed by atoms with E-state index in [-0.39, 0.29) is 17.5 Å². The minimum absolute atomic E-state index is 0.0610. The van der Waals surface area contributed by atoms with Crippen LogP contribution in [0.1, 0.15) is 58.2 Å². The molecular formula is C59H47BN2O2S2. The predicted octanol–water partition coefficient (Wildman–Crippen LogP) is 15.9. The van der Waals surface area contributed by atoms with E-state index in [0.29, 0.717) is 0 Å². The van der Waals surface area contributed by atoms with Gasteiger partial charge in [0.15, 0.2) is 0 Å². The maximum atomic E-state index is 7.23. The van der Waals surface area contributed by atoms with E-state index in [0.717, 1.165) is 62.0 Å². The highest BCUT2D eigenvalue weighted by Crippen LogP contribution is 2.49. The van der Waals surface area contributed by atoms with Crippen LogP contribution in [0.2, 0.25) is 0 Å². The Hall–Kier alpha value is -6.80. The standard InChI is InChI=1S/C59H47BN2O2S2/c1-34-28-47-55-48(29-34)62(40-24-18-36(19-25-40)46-33-66-52-15-11-9-13-42(46)52)57-54(44-31-38(59(5,6)7)21-27-50(44)64-57)60(55)53-43-30-37(58(2,3)4)20-26-49(43)63-56(53)61(47)39-22-16-35(17-23-39)45-32-65-51-14-10-8-12-41(45)51/h8-33H,1-7H3. The molecule has 0 aliphatic carbocycles. The smallest absolute Gasteiger partial charge is 0.262 e. The van der Waals surface area contributed by atoms with Crippen LogP contribution in [-0.4, -0.2) is 6.71 Å². The fourth-order valence-corrected chi connectivity index (χ4v) is 12.5. The van der Waals surface area contributed by atoms with Crippen molar-refractivity contribution in [3.05, 3.63) is 173 Å². The van der Waals surface area contributed by atoms with Gasteiger partial charge in [-0.1, -0.05) is 114 Å². The molecule has 4 nitrogen and oxygen atoms in total. The lowest BCUT2D eigenvalue weighted by Crippen LogP contribution is -2.60. The van der Waals surface area contributed by atoms with Crippen LogP contribution in [0.4, 0.5) is 34.5 Å². The van der Waals surface area contributed by atoms with Crippen LogP contribution >= 0.6 is 22.7 Å². The summed E-state index contributed by atoms with van der Waals surface area (Å²) >= 11 is 3.60. The average molecular weight is 891 g/mol. The Morgan fingerprint density at radius 1 is 0.455 bits per heavy atom. The lowest BCUT2D eigenvalue weighted by atomic mass is 9.33. The Morgan fingerprint density at radius 3 is 1.30 bits per heavy atom. The average Bonchev–Trinajstić information content (AvgIpc) is 4.11. The second-order valence-electron chi connectivity index (χ2n) is 20.3. The van der Waals surface area contributed by atoms with Crippen molar-refractivity contribution in [3.8, 4) is 22.3 Å². The number of anilines is 6. The highest BCUT2D eigenvalue weighted by atomic mass is 32.1. The maximum absolute atomic E-state index is 7.23. The van der Waals surface area contributed by atoms with E-state index in [1.165, 1.54) is 69.9 Å². The van der Waals surface area contributed by atoms with Crippen molar-refractivity contribution >= 4 is 122 Å². The van der Waals surface area contributed by atoms with Crippen molar-refractivity contribution in [3.63, 3.8) is 0 Å². The van der Waals surface area contributed by atoms with Crippen LogP contribution in [0.5, 0.6) is 0 Å². The molecule has 0 saturated carbocycles. The molecule has 0 fully saturated rings. The Bertz CT molecular complexity index is 3520. The summed E-state index contributed by atoms with van der Waals surface area (Å²) in [6.07, 6.45) is 0. The summed E-state index contributed by atoms with van der Waals surface area (Å²) in [6, 6.07) is 53.9. The number of fused-ring (bicyclic) bond motifs is 10. The molecule has 6 heterocycles. The van der Waals surface area contributed by atoms with Gasteiger partial charge in [0.1, 0.15) is 11.2 Å². The molecule has 66 heavy (non-hydrogen) atoms. The minimum Gasteiger partial charge on any atom is -0.440 e. The third-order valence-electron chi connectivity index (χ3n) is 14.0. The highest BCUT2D eigenvalue weighted by Gasteiger charge is 2.49. The summed E-state index contributed by atoms with van der Waals surface area (Å²) in [5.41, 5.74) is 18.2. The second-order valence-corrected chi connectivity index (χ2v) is 22.1. The van der Waals surface area contributed by atoms with Crippen LogP contribution in [0.15, 0.2) is 165 Å². The molecule has 0 N–H and O–H groups in total. The second kappa shape index (κ2) is 14.1. The SMILES string of the molecule is Cc1cc2c3c(c1)N(c1ccc(-c4csc5ccccc45)cc1)c1oc4ccc(C(C)(C)C)cc4c1B3c1c(oc3ccc(C(C)(C)C)cc13)N2c1ccc(-c2csc3ccccc23)cc1. The Balaban J connectivity index is 1.08. The zero-order valence-corrected chi connectivity index (χ0v) is 39.7. The quantitative estimate of drug-likeness (QED) is 0.165. The number of furan rings is 2. The number of thiophene rings is 2. The van der Waals surface area contributed by atoms with Gasteiger partial charge in [-0.2, -0.15) is 0 Å². The molecule has 0 bridgehead atoms. The molecule has 0 spiro atoms. The number of hydrogen-bond donors (Lipinski definition) is 0. The summed E-state index contributed by atoms with van der Waals surface area (Å²) in [5.74, 6) is 1.71. The lowest BCUT2D eigenvalue weighted by molar-refractivity contribution is 0.589. The summed E-state index contributed by atoms with van der Waals surface area (Å²) in [5, 5.41) is 9.42. The Labute approximate surface area is 393 Å². The van der Waals surface area contributed by atoms with Gasteiger partial charge >= 0.3 is 0 Å². The van der Waals surface area contributed by atoms with Crippen molar-refractivity contribution in [2.75, 3.05) is 9.80 Å². The fourth-order valence-electron chi connectivity index (χ4n) is 10.6. The zero-order valence-electron chi connectivity index (χ0n) is 38.1. The Kier molecular flexibility index (Phi) is 8.45. The molecule has 7 heteroatoms. The number of aryl methyl sites for hydroxylation is 1. The number of hydrogen-bond acceptors (Lipinski definition) is 6. The molecule has 7 aromatic carbocycles. The summed E-state index contributed by atoms with van der Waals surface area (Å²) in [4.78, 5) is 4.78. The van der Waals surface area contributed by atoms with E-state index in [4.69, 9.17) is 8.83 Å². The maximum Gasteiger partial charge on any atom is 0.262 e. The van der Waals surface area contributed by atoms with E-state index in [9.17, 15) is 0 Å². The molecule has 0 radical (unpaired) electrons. The third kappa shape index (κ3) is 5.89. The predicted molar refractivity (Wildman–Crippen MR) is 284 cm³/mol. The van der Waals surface area contributed by atoms with Crippen LogP contribution in [0.3, 0.4) is 0 Å². The van der Waals surface area contributed by atoms with Gasteiger partial charge in [-0.05, 0) is 135 Å². The largest absolute Gasteiger partial charge is 0.440 e. The molecule has 4 aromatic heterocycles. The van der Waals surface area contributed by atoms with Crippen molar-refractivity contribution in [2.45, 2.75) is 59.3 Å². The monoisotopic (exact) mass is 890 g/mol. The number of rotatable bonds is 4. The molecule has 0 saturated heterocycles. The summed E-state index contributed by atoms with van der Waals surface area (Å²) in [6.45, 7) is 15.8. The highest BCUT2D eigenvalue weighted by molar-refractivity contribution is 7.18. The van der Waals surface area contributed by atoms with Gasteiger partial charge in [0.05, 0.1) is 0 Å². The molecule has 0 atom stereocenters. The molecular weight excluding hydrogens is 844 g/mol. The van der Waals surface area contributed by atoms with Gasteiger partial charge in [0, 0.05) is 75.7 Å². The first-order chi connectivity index (χ1) is 31.9. The van der Waals surface area contributed by atoms with Crippen molar-refractivity contribution in [1.29, 1.82) is 0 Å². The summed E-state index contributed by atoms with van der Waals surface area (Å²) in [7, 11) is 0. The molecule has 0 amide bonds. The van der Waals surface area contributed by atoms with E-state index in [1.807, 2.05) is 0 Å². The van der Waals surface area contributed by atoms with Crippen LogP contribution in [0.25, 0.3) is 64.4 Å². The van der Waals surface area contributed by atoms with Gasteiger partial charge in [0.25, 0.3) is 6.71 Å². The molecule has 2 aliphatic rings. The van der Waals surface area contributed by atoms with Crippen molar-refractivity contribution in [1.82, 2.24) is 0 Å². The Morgan fingerprint density at radius 2 is 0.879 bits per heavy atom. The van der Waals surface area contributed by atoms with E-state index < -0.39 is 0 Å². The first-order valence-electron chi connectivity index (χ1n) is 22.9. The molecule has 13 rings (SSSR count). The van der Waals surface area contributed by atoms with Crippen molar-refractivity contribution < 1.29 is 8.83 Å². The topological polar surface area (TPSA) is 32.8 Å². The molecule has 2 aliphatic heterocycles.